The molecule has 2 atom stereocenters. The second-order valence-corrected chi connectivity index (χ2v) is 8.96. The Morgan fingerprint density at radius 2 is 1.61 bits per heavy atom. The zero-order valence-electron chi connectivity index (χ0n) is 17.5. The second-order valence-electron chi connectivity index (χ2n) is 8.96. The van der Waals surface area contributed by atoms with Crippen molar-refractivity contribution in [3.05, 3.63) is 83.4 Å². The minimum absolute atomic E-state index is 0.0221. The number of rotatable bonds is 2. The number of nitrogens with one attached hydrogen (secondary N) is 1. The maximum Gasteiger partial charge on any atom is 0.240 e. The highest BCUT2D eigenvalue weighted by Crippen LogP contribution is 2.59. The normalized spacial score (nSPS) is 24.3. The number of anilines is 1. The third-order valence-electron chi connectivity index (χ3n) is 6.88. The zero-order valence-corrected chi connectivity index (χ0v) is 17.5. The van der Waals surface area contributed by atoms with Gasteiger partial charge >= 0.3 is 0 Å². The number of benzene rings is 3. The molecule has 0 fully saturated rings. The fraction of sp³-hybridized carbons (Fsp3) is 0.269. The maximum absolute atomic E-state index is 13.9. The van der Waals surface area contributed by atoms with Crippen molar-refractivity contribution in [3.8, 4) is 17.2 Å². The molecule has 1 amide bonds. The third-order valence-corrected chi connectivity index (χ3v) is 6.88. The van der Waals surface area contributed by atoms with Crippen molar-refractivity contribution in [3.63, 3.8) is 0 Å². The Kier molecular flexibility index (Phi) is 3.70. The van der Waals surface area contributed by atoms with Crippen LogP contribution in [0.15, 0.2) is 66.7 Å². The zero-order chi connectivity index (χ0) is 21.2. The fourth-order valence-corrected chi connectivity index (χ4v) is 5.52. The molecule has 1 N–H and O–H groups in total. The molecule has 1 spiro atoms. The number of carbonyl (C=O) groups excluding carboxylic acids is 1. The van der Waals surface area contributed by atoms with E-state index in [1.165, 1.54) is 5.56 Å². The van der Waals surface area contributed by atoms with Crippen molar-refractivity contribution in [2.75, 3.05) is 12.1 Å². The largest absolute Gasteiger partial charge is 0.487 e. The maximum atomic E-state index is 13.9. The highest BCUT2D eigenvalue weighted by molar-refractivity contribution is 6.10. The molecule has 3 aromatic carbocycles. The lowest BCUT2D eigenvalue weighted by Crippen LogP contribution is -2.58. The first kappa shape index (κ1) is 18.3. The molecule has 0 radical (unpaired) electrons. The summed E-state index contributed by atoms with van der Waals surface area (Å²) < 4.78 is 17.9. The van der Waals surface area contributed by atoms with Crippen LogP contribution in [0.3, 0.4) is 0 Å². The van der Waals surface area contributed by atoms with E-state index in [0.29, 0.717) is 23.7 Å². The van der Waals surface area contributed by atoms with Crippen molar-refractivity contribution in [2.24, 2.45) is 5.92 Å². The lowest BCUT2D eigenvalue weighted by molar-refractivity contribution is -0.126. The van der Waals surface area contributed by atoms with Crippen LogP contribution in [-0.2, 0) is 16.6 Å². The molecule has 0 saturated heterocycles. The summed E-state index contributed by atoms with van der Waals surface area (Å²) >= 11 is 0. The summed E-state index contributed by atoms with van der Waals surface area (Å²) in [5.74, 6) is 1.81. The Labute approximate surface area is 180 Å². The number of ether oxygens (including phenoxy) is 3. The van der Waals surface area contributed by atoms with Gasteiger partial charge in [-0.2, -0.15) is 0 Å². The SMILES string of the molecule is CC1(C)Oc2cc3c(cc2[C@@]2(C(=O)Nc4ccccc42)C1Cc1ccccc1)OCO3. The summed E-state index contributed by atoms with van der Waals surface area (Å²) in [5, 5.41) is 3.15. The van der Waals surface area contributed by atoms with Crippen LogP contribution in [0.4, 0.5) is 5.69 Å². The molecule has 6 rings (SSSR count). The van der Waals surface area contributed by atoms with Gasteiger partial charge in [-0.25, -0.2) is 0 Å². The summed E-state index contributed by atoms with van der Waals surface area (Å²) in [6.07, 6.45) is 0.698. The Morgan fingerprint density at radius 3 is 2.42 bits per heavy atom. The summed E-state index contributed by atoms with van der Waals surface area (Å²) in [6.45, 7) is 4.32. The standard InChI is InChI=1S/C26H23NO4/c1-25(2)23(12-16-8-4-3-5-9-16)26(17-10-6-7-11-19(17)27-24(26)28)18-13-21-22(30-15-29-21)14-20(18)31-25/h3-11,13-14,23H,12,15H2,1-2H3,(H,27,28)/t23?,26-/m1/s1. The minimum atomic E-state index is -0.898. The van der Waals surface area contributed by atoms with E-state index in [2.05, 4.69) is 37.4 Å². The molecule has 5 heteroatoms. The summed E-state index contributed by atoms with van der Waals surface area (Å²) in [5.41, 5.74) is 2.34. The van der Waals surface area contributed by atoms with Crippen LogP contribution in [0.1, 0.15) is 30.5 Å². The van der Waals surface area contributed by atoms with E-state index < -0.39 is 11.0 Å². The van der Waals surface area contributed by atoms with Gasteiger partial charge in [0.1, 0.15) is 16.8 Å². The van der Waals surface area contributed by atoms with Gasteiger partial charge in [0.25, 0.3) is 0 Å². The van der Waals surface area contributed by atoms with Crippen LogP contribution in [0, 0.1) is 5.92 Å². The summed E-state index contributed by atoms with van der Waals surface area (Å²) in [6, 6.07) is 22.1. The van der Waals surface area contributed by atoms with Crippen molar-refractivity contribution in [2.45, 2.75) is 31.3 Å². The fourth-order valence-electron chi connectivity index (χ4n) is 5.52. The Balaban J connectivity index is 1.65. The van der Waals surface area contributed by atoms with Crippen molar-refractivity contribution < 1.29 is 19.0 Å². The molecule has 3 aliphatic heterocycles. The van der Waals surface area contributed by atoms with Crippen molar-refractivity contribution >= 4 is 11.6 Å². The highest BCUT2D eigenvalue weighted by atomic mass is 16.7. The van der Waals surface area contributed by atoms with Gasteiger partial charge in [0.2, 0.25) is 12.7 Å². The second kappa shape index (κ2) is 6.27. The average Bonchev–Trinajstić information content (AvgIpc) is 3.32. The highest BCUT2D eigenvalue weighted by Gasteiger charge is 2.62. The molecular formula is C26H23NO4. The lowest BCUT2D eigenvalue weighted by atomic mass is 9.58. The molecule has 3 heterocycles. The molecule has 3 aromatic rings. The number of carbonyl (C=O) groups is 1. The minimum Gasteiger partial charge on any atom is -0.487 e. The van der Waals surface area contributed by atoms with Crippen LogP contribution < -0.4 is 19.5 Å². The molecule has 3 aliphatic rings. The van der Waals surface area contributed by atoms with Crippen LogP contribution in [0.2, 0.25) is 0 Å². The molecule has 5 nitrogen and oxygen atoms in total. The van der Waals surface area contributed by atoms with Gasteiger partial charge in [-0.05, 0) is 43.5 Å². The number of hydrogen-bond acceptors (Lipinski definition) is 4. The van der Waals surface area contributed by atoms with Crippen LogP contribution in [0.5, 0.6) is 17.2 Å². The Morgan fingerprint density at radius 1 is 0.903 bits per heavy atom. The molecule has 0 aromatic heterocycles. The Bertz CT molecular complexity index is 1200. The number of para-hydroxylation sites is 1. The number of amides is 1. The van der Waals surface area contributed by atoms with E-state index in [1.54, 1.807) is 0 Å². The number of hydrogen-bond donors (Lipinski definition) is 1. The van der Waals surface area contributed by atoms with Gasteiger partial charge in [0.15, 0.2) is 11.5 Å². The molecule has 31 heavy (non-hydrogen) atoms. The summed E-state index contributed by atoms with van der Waals surface area (Å²) in [4.78, 5) is 13.9. The quantitative estimate of drug-likeness (QED) is 0.663. The molecule has 156 valence electrons. The van der Waals surface area contributed by atoms with Crippen molar-refractivity contribution in [1.82, 2.24) is 0 Å². The third kappa shape index (κ3) is 2.46. The van der Waals surface area contributed by atoms with Gasteiger partial charge < -0.3 is 19.5 Å². The predicted molar refractivity (Wildman–Crippen MR) is 117 cm³/mol. The van der Waals surface area contributed by atoms with Gasteiger partial charge in [-0.3, -0.25) is 4.79 Å². The topological polar surface area (TPSA) is 56.8 Å². The summed E-state index contributed by atoms with van der Waals surface area (Å²) in [7, 11) is 0. The van der Waals surface area contributed by atoms with Gasteiger partial charge in [0.05, 0.1) is 0 Å². The molecule has 0 aliphatic carbocycles. The van der Waals surface area contributed by atoms with Crippen LogP contribution in [-0.4, -0.2) is 18.3 Å². The predicted octanol–water partition coefficient (Wildman–Crippen LogP) is 4.68. The molecular weight excluding hydrogens is 390 g/mol. The molecule has 0 saturated carbocycles. The molecule has 1 unspecified atom stereocenters. The van der Waals surface area contributed by atoms with E-state index in [9.17, 15) is 4.79 Å². The van der Waals surface area contributed by atoms with Gasteiger partial charge in [0, 0.05) is 23.2 Å². The first-order valence-electron chi connectivity index (χ1n) is 10.6. The number of fused-ring (bicyclic) bond motifs is 5. The van der Waals surface area contributed by atoms with Gasteiger partial charge in [-0.1, -0.05) is 48.5 Å². The first-order valence-corrected chi connectivity index (χ1v) is 10.6. The van der Waals surface area contributed by atoms with E-state index in [-0.39, 0.29) is 18.6 Å². The van der Waals surface area contributed by atoms with E-state index in [1.807, 2.05) is 48.5 Å². The van der Waals surface area contributed by atoms with E-state index in [4.69, 9.17) is 14.2 Å². The molecule has 0 bridgehead atoms. The van der Waals surface area contributed by atoms with Crippen LogP contribution in [0.25, 0.3) is 0 Å². The van der Waals surface area contributed by atoms with E-state index in [0.717, 1.165) is 16.8 Å². The smallest absolute Gasteiger partial charge is 0.240 e. The van der Waals surface area contributed by atoms with Crippen molar-refractivity contribution in [1.29, 1.82) is 0 Å². The lowest BCUT2D eigenvalue weighted by Gasteiger charge is -2.50. The van der Waals surface area contributed by atoms with Gasteiger partial charge in [-0.15, -0.1) is 0 Å². The van der Waals surface area contributed by atoms with E-state index >= 15 is 0 Å². The van der Waals surface area contributed by atoms with Crippen LogP contribution >= 0.6 is 0 Å². The average molecular weight is 413 g/mol. The first-order chi connectivity index (χ1) is 15.0. The Hall–Kier alpha value is -3.47. The monoisotopic (exact) mass is 413 g/mol.